The minimum absolute atomic E-state index is 0.250. The zero-order valence-electron chi connectivity index (χ0n) is 3.53. The molecule has 0 aliphatic rings. The topological polar surface area (TPSA) is 20.2 Å². The van der Waals surface area contributed by atoms with Crippen LogP contribution in [0.4, 0.5) is 0 Å². The Morgan fingerprint density at radius 3 is 1.80 bits per heavy atom. The van der Waals surface area contributed by atoms with Crippen molar-refractivity contribution >= 4 is 25.4 Å². The van der Waals surface area contributed by atoms with Crippen molar-refractivity contribution in [3.63, 3.8) is 0 Å². The monoisotopic (exact) mass is 110 g/mol. The molecule has 0 aromatic heterocycles. The van der Waals surface area contributed by atoms with Crippen LogP contribution < -0.4 is 0 Å². The van der Waals surface area contributed by atoms with Crippen LogP contribution in [0.15, 0.2) is 0 Å². The molecule has 1 nitrogen and oxygen atoms in total. The van der Waals surface area contributed by atoms with E-state index in [4.69, 9.17) is 15.2 Å². The molecule has 0 rings (SSSR count). The van der Waals surface area contributed by atoms with Gasteiger partial charge in [-0.25, -0.2) is 0 Å². The summed E-state index contributed by atoms with van der Waals surface area (Å²) in [6, 6.07) is 0. The molecule has 32 valence electrons. The molecule has 0 saturated carbocycles. The maximum Gasteiger partial charge on any atom is 0.353 e. The molecule has 0 aliphatic heterocycles. The van der Waals surface area contributed by atoms with Crippen molar-refractivity contribution in [3.05, 3.63) is 0 Å². The van der Waals surface area contributed by atoms with Gasteiger partial charge in [0.25, 0.3) is 0 Å². The first-order valence-corrected chi connectivity index (χ1v) is 4.43. The first-order valence-electron chi connectivity index (χ1n) is 1.40. The van der Waals surface area contributed by atoms with E-state index in [1.807, 2.05) is 0 Å². The summed E-state index contributed by atoms with van der Waals surface area (Å²) < 4.78 is 0. The molecule has 5 heavy (non-hydrogen) atoms. The van der Waals surface area contributed by atoms with Crippen LogP contribution in [0.1, 0.15) is 6.92 Å². The van der Waals surface area contributed by atoms with E-state index in [0.29, 0.717) is 0 Å². The molecule has 0 amide bonds. The minimum atomic E-state index is 0.250. The molecule has 3 heteroatoms. The lowest BCUT2D eigenvalue weighted by molar-refractivity contribution is 0.318. The van der Waals surface area contributed by atoms with Gasteiger partial charge < -0.3 is 5.11 Å². The predicted molar refractivity (Wildman–Crippen MR) is 27.2 cm³/mol. The molecule has 0 heterocycles. The van der Waals surface area contributed by atoms with Crippen LogP contribution in [-0.4, -0.2) is 27.1 Å². The maximum atomic E-state index is 7.57. The molecule has 0 aliphatic carbocycles. The quantitative estimate of drug-likeness (QED) is 0.427. The van der Waals surface area contributed by atoms with Crippen LogP contribution in [0.3, 0.4) is 0 Å². The summed E-state index contributed by atoms with van der Waals surface area (Å²) in [6.45, 7) is 1.93. The number of aliphatic hydroxyl groups excluding tert-OH is 1. The smallest absolute Gasteiger partial charge is 0.353 e. The fourth-order valence-corrected chi connectivity index (χ4v) is 0. The van der Waals surface area contributed by atoms with E-state index < -0.39 is 0 Å². The van der Waals surface area contributed by atoms with Crippen molar-refractivity contribution < 1.29 is 5.11 Å². The fraction of sp³-hybridized carbons (Fsp3) is 1.00. The third-order valence-electron chi connectivity index (χ3n) is 0. The highest BCUT2D eigenvalue weighted by molar-refractivity contribution is 6.80. The van der Waals surface area contributed by atoms with Gasteiger partial charge in [-0.2, -0.15) is 0 Å². The molecule has 0 aromatic carbocycles. The summed E-state index contributed by atoms with van der Waals surface area (Å²) >= 11 is 0.778. The van der Waals surface area contributed by atoms with Gasteiger partial charge in [0.1, 0.15) is 0 Å². The maximum absolute atomic E-state index is 7.57. The second-order valence-electron chi connectivity index (χ2n) is 0.316. The van der Waals surface area contributed by atoms with Gasteiger partial charge in [-0.3, -0.25) is 10.0 Å². The van der Waals surface area contributed by atoms with Crippen molar-refractivity contribution in [2.75, 3.05) is 6.61 Å². The summed E-state index contributed by atoms with van der Waals surface area (Å²) in [7, 11) is 4.78. The first-order chi connectivity index (χ1) is 2.41. The van der Waals surface area contributed by atoms with Crippen LogP contribution in [-0.2, 0) is 0 Å². The van der Waals surface area contributed by atoms with Gasteiger partial charge in [-0.15, -0.1) is 0 Å². The summed E-state index contributed by atoms with van der Waals surface area (Å²) in [6.07, 6.45) is 0. The van der Waals surface area contributed by atoms with Gasteiger partial charge in [0.2, 0.25) is 0 Å². The highest BCUT2D eigenvalue weighted by atomic mass is 35.6. The summed E-state index contributed by atoms with van der Waals surface area (Å²) in [5.74, 6) is 0. The summed E-state index contributed by atoms with van der Waals surface area (Å²) in [5.41, 5.74) is 0. The molecule has 0 fully saturated rings. The Balaban J connectivity index is 0. The second-order valence-corrected chi connectivity index (χ2v) is 0.316. The van der Waals surface area contributed by atoms with Crippen molar-refractivity contribution in [1.82, 2.24) is 0 Å². The molecule has 1 N–H and O–H groups in total. The van der Waals surface area contributed by atoms with E-state index in [1.165, 1.54) is 0 Å². The average molecular weight is 111 g/mol. The highest BCUT2D eigenvalue weighted by Gasteiger charge is 1.34. The molecule has 0 saturated heterocycles. The minimum Gasteiger partial charge on any atom is -0.397 e. The van der Waals surface area contributed by atoms with Crippen molar-refractivity contribution in [2.45, 2.75) is 6.92 Å². The lowest BCUT2D eigenvalue weighted by atomic mass is 10.9. The Morgan fingerprint density at radius 2 is 1.80 bits per heavy atom. The van der Waals surface area contributed by atoms with E-state index in [0.717, 1.165) is 15.4 Å². The second kappa shape index (κ2) is 21.5. The molecular weight excluding hydrogens is 102 g/mol. The lowest BCUT2D eigenvalue weighted by Crippen LogP contribution is -1.57. The standard InChI is InChI=1S/C2H6O.Al.ClH.2H/c1-2-3;;;;/h3H,2H2,1H3;;1H;;/q;+1;;;/p-1. The van der Waals surface area contributed by atoms with Crippen molar-refractivity contribution in [2.24, 2.45) is 0 Å². The molecule has 0 aromatic rings. The zero-order valence-corrected chi connectivity index (χ0v) is 6.29. The Bertz CT molecular complexity index is 9.61. The summed E-state index contributed by atoms with van der Waals surface area (Å²) in [5, 5.41) is 7.57. The average Bonchev–Trinajstić information content (AvgIpc) is 1.46. The Hall–Kier alpha value is 0.782. The number of hydrogen-bond donors (Lipinski definition) is 1. The van der Waals surface area contributed by atoms with Crippen molar-refractivity contribution in [1.29, 1.82) is 0 Å². The largest absolute Gasteiger partial charge is 0.397 e. The Labute approximate surface area is 44.6 Å². The molecule has 0 radical (unpaired) electrons. The highest BCUT2D eigenvalue weighted by Crippen LogP contribution is 1.30. The normalized spacial score (nSPS) is 4.60. The van der Waals surface area contributed by atoms with Gasteiger partial charge in [0.05, 0.1) is 0 Å². The van der Waals surface area contributed by atoms with Crippen LogP contribution >= 0.6 is 10.0 Å². The zero-order chi connectivity index (χ0) is 4.71. The van der Waals surface area contributed by atoms with E-state index in [9.17, 15) is 0 Å². The predicted octanol–water partition coefficient (Wildman–Crippen LogP) is -0.228. The van der Waals surface area contributed by atoms with Crippen LogP contribution in [0.2, 0.25) is 0 Å². The van der Waals surface area contributed by atoms with Crippen molar-refractivity contribution in [3.8, 4) is 0 Å². The SMILES string of the molecule is CCO.[AlH2][Cl]. The van der Waals surface area contributed by atoms with Crippen LogP contribution in [0.25, 0.3) is 0 Å². The molecule has 0 bridgehead atoms. The fourth-order valence-electron chi connectivity index (χ4n) is 0. The van der Waals surface area contributed by atoms with E-state index in [1.54, 1.807) is 6.92 Å². The number of aliphatic hydroxyl groups is 1. The van der Waals surface area contributed by atoms with Gasteiger partial charge in [-0.05, 0) is 6.92 Å². The van der Waals surface area contributed by atoms with Crippen LogP contribution in [0.5, 0.6) is 0 Å². The number of halogens is 1. The first kappa shape index (κ1) is 9.24. The van der Waals surface area contributed by atoms with Gasteiger partial charge in [0.15, 0.2) is 0 Å². The Morgan fingerprint density at radius 1 is 1.80 bits per heavy atom. The van der Waals surface area contributed by atoms with Gasteiger partial charge >= 0.3 is 15.4 Å². The van der Waals surface area contributed by atoms with Gasteiger partial charge in [-0.1, -0.05) is 0 Å². The number of rotatable bonds is 0. The lowest BCUT2D eigenvalue weighted by Gasteiger charge is -1.52. The Kier molecular flexibility index (Phi) is 39.8. The number of hydrogen-bond acceptors (Lipinski definition) is 1. The van der Waals surface area contributed by atoms with Gasteiger partial charge in [0, 0.05) is 6.61 Å². The van der Waals surface area contributed by atoms with E-state index in [-0.39, 0.29) is 6.61 Å². The molecule has 0 atom stereocenters. The third kappa shape index (κ3) is 60.5. The molecule has 0 spiro atoms. The molecule has 0 unspecified atom stereocenters. The van der Waals surface area contributed by atoms with E-state index >= 15 is 0 Å². The summed E-state index contributed by atoms with van der Waals surface area (Å²) in [4.78, 5) is 0. The molecular formula is C2H8AlClO. The third-order valence-corrected chi connectivity index (χ3v) is 0. The van der Waals surface area contributed by atoms with Crippen LogP contribution in [0, 0.1) is 0 Å². The van der Waals surface area contributed by atoms with E-state index in [2.05, 4.69) is 0 Å².